The van der Waals surface area contributed by atoms with E-state index in [1.54, 1.807) is 19.1 Å². The molecule has 2 aromatic rings. The van der Waals surface area contributed by atoms with Gasteiger partial charge in [0.15, 0.2) is 18.1 Å². The van der Waals surface area contributed by atoms with Crippen LogP contribution in [0.25, 0.3) is 0 Å². The van der Waals surface area contributed by atoms with Crippen LogP contribution in [0.2, 0.25) is 0 Å². The van der Waals surface area contributed by atoms with Crippen molar-refractivity contribution in [2.24, 2.45) is 0 Å². The van der Waals surface area contributed by atoms with Gasteiger partial charge in [0.2, 0.25) is 15.8 Å². The minimum atomic E-state index is -3.99. The Labute approximate surface area is 169 Å². The first-order chi connectivity index (χ1) is 13.7. The number of carbonyl (C=O) groups excluding carboxylic acids is 2. The summed E-state index contributed by atoms with van der Waals surface area (Å²) in [5.41, 5.74) is 2.25. The van der Waals surface area contributed by atoms with Crippen molar-refractivity contribution in [1.82, 2.24) is 4.72 Å². The van der Waals surface area contributed by atoms with Crippen LogP contribution >= 0.6 is 0 Å². The van der Waals surface area contributed by atoms with Crippen LogP contribution in [0.4, 0.5) is 0 Å². The predicted octanol–water partition coefficient (Wildman–Crippen LogP) is 2.03. The van der Waals surface area contributed by atoms with Crippen LogP contribution in [0.3, 0.4) is 0 Å². The van der Waals surface area contributed by atoms with Crippen molar-refractivity contribution in [2.45, 2.75) is 18.7 Å². The van der Waals surface area contributed by atoms with Crippen LogP contribution in [0.15, 0.2) is 41.3 Å². The van der Waals surface area contributed by atoms with Crippen LogP contribution in [0, 0.1) is 13.8 Å². The smallest absolute Gasteiger partial charge is 0.321 e. The van der Waals surface area contributed by atoms with Crippen LogP contribution in [0.5, 0.6) is 11.5 Å². The van der Waals surface area contributed by atoms with Crippen molar-refractivity contribution in [3.05, 3.63) is 53.1 Å². The molecule has 0 aromatic heterocycles. The lowest BCUT2D eigenvalue weighted by molar-refractivity contribution is -0.141. The van der Waals surface area contributed by atoms with Crippen LogP contribution < -0.4 is 14.2 Å². The van der Waals surface area contributed by atoms with E-state index in [0.29, 0.717) is 11.3 Å². The number of methoxy groups -OCH3 is 2. The molecule has 156 valence electrons. The van der Waals surface area contributed by atoms with E-state index in [2.05, 4.69) is 4.72 Å². The normalized spacial score (nSPS) is 11.0. The lowest BCUT2D eigenvalue weighted by Crippen LogP contribution is -2.31. The number of hydrogen-bond acceptors (Lipinski definition) is 7. The van der Waals surface area contributed by atoms with E-state index in [4.69, 9.17) is 14.2 Å². The minimum absolute atomic E-state index is 0.102. The van der Waals surface area contributed by atoms with Crippen LogP contribution in [0.1, 0.15) is 21.5 Å². The summed E-state index contributed by atoms with van der Waals surface area (Å²) in [4.78, 5) is 24.0. The Hall–Kier alpha value is -2.91. The summed E-state index contributed by atoms with van der Waals surface area (Å²) in [6, 6.07) is 9.34. The summed E-state index contributed by atoms with van der Waals surface area (Å²) in [7, 11) is -1.18. The number of benzene rings is 2. The zero-order valence-electron chi connectivity index (χ0n) is 16.6. The molecule has 2 rings (SSSR count). The molecule has 0 unspecified atom stereocenters. The summed E-state index contributed by atoms with van der Waals surface area (Å²) >= 11 is 0. The van der Waals surface area contributed by atoms with Gasteiger partial charge in [-0.1, -0.05) is 23.8 Å². The van der Waals surface area contributed by atoms with E-state index < -0.39 is 29.1 Å². The lowest BCUT2D eigenvalue weighted by Gasteiger charge is -2.11. The molecule has 0 spiro atoms. The third-order valence-electron chi connectivity index (χ3n) is 4.12. The summed E-state index contributed by atoms with van der Waals surface area (Å²) < 4.78 is 41.9. The number of esters is 1. The lowest BCUT2D eigenvalue weighted by atomic mass is 10.0. The van der Waals surface area contributed by atoms with Crippen molar-refractivity contribution in [1.29, 1.82) is 0 Å². The van der Waals surface area contributed by atoms with E-state index in [9.17, 15) is 18.0 Å². The number of hydrogen-bond donors (Lipinski definition) is 1. The topological polar surface area (TPSA) is 108 Å². The Balaban J connectivity index is 1.95. The van der Waals surface area contributed by atoms with Gasteiger partial charge in [0.25, 0.3) is 0 Å². The van der Waals surface area contributed by atoms with Gasteiger partial charge < -0.3 is 14.2 Å². The van der Waals surface area contributed by atoms with Crippen LogP contribution in [-0.2, 0) is 19.6 Å². The van der Waals surface area contributed by atoms with E-state index in [1.807, 2.05) is 13.0 Å². The highest BCUT2D eigenvalue weighted by Gasteiger charge is 2.19. The minimum Gasteiger partial charge on any atom is -0.493 e. The molecule has 0 bridgehead atoms. The Morgan fingerprint density at radius 2 is 1.66 bits per heavy atom. The Morgan fingerprint density at radius 1 is 0.966 bits per heavy atom. The highest BCUT2D eigenvalue weighted by atomic mass is 32.2. The fraction of sp³-hybridized carbons (Fsp3) is 0.300. The van der Waals surface area contributed by atoms with Gasteiger partial charge in [0, 0.05) is 11.6 Å². The summed E-state index contributed by atoms with van der Waals surface area (Å²) in [5.74, 6) is -0.626. The van der Waals surface area contributed by atoms with E-state index in [0.717, 1.165) is 11.1 Å². The fourth-order valence-electron chi connectivity index (χ4n) is 2.62. The molecule has 0 heterocycles. The standard InChI is InChI=1S/C20H23NO7S/c1-13-5-7-16(14(2)9-13)17(22)12-28-20(23)11-21-29(24,25)15-6-8-18(26-3)19(10-15)27-4/h5-10,21H,11-12H2,1-4H3. The maximum absolute atomic E-state index is 12.4. The molecule has 0 aliphatic rings. The summed E-state index contributed by atoms with van der Waals surface area (Å²) in [6.45, 7) is 2.61. The molecule has 0 atom stereocenters. The number of aryl methyl sites for hydroxylation is 2. The second kappa shape index (κ2) is 9.53. The first kappa shape index (κ1) is 22.4. The Morgan fingerprint density at radius 3 is 2.28 bits per heavy atom. The second-order valence-corrected chi connectivity index (χ2v) is 8.01. The van der Waals surface area contributed by atoms with Gasteiger partial charge in [-0.2, -0.15) is 4.72 Å². The largest absolute Gasteiger partial charge is 0.493 e. The zero-order chi connectivity index (χ0) is 21.6. The van der Waals surface area contributed by atoms with Gasteiger partial charge in [-0.25, -0.2) is 8.42 Å². The van der Waals surface area contributed by atoms with Crippen molar-refractivity contribution in [3.8, 4) is 11.5 Å². The molecular formula is C20H23NO7S. The third-order valence-corrected chi connectivity index (χ3v) is 5.52. The zero-order valence-corrected chi connectivity index (χ0v) is 17.5. The Bertz CT molecular complexity index is 1020. The number of rotatable bonds is 9. The van der Waals surface area contributed by atoms with Gasteiger partial charge >= 0.3 is 5.97 Å². The molecule has 0 saturated heterocycles. The highest BCUT2D eigenvalue weighted by molar-refractivity contribution is 7.89. The van der Waals surface area contributed by atoms with Crippen LogP contribution in [-0.4, -0.2) is 47.5 Å². The molecular weight excluding hydrogens is 398 g/mol. The first-order valence-electron chi connectivity index (χ1n) is 8.65. The quantitative estimate of drug-likeness (QED) is 0.487. The summed E-state index contributed by atoms with van der Waals surface area (Å²) in [5, 5.41) is 0. The molecule has 29 heavy (non-hydrogen) atoms. The third kappa shape index (κ3) is 5.78. The number of ether oxygens (including phenoxy) is 3. The molecule has 0 radical (unpaired) electrons. The molecule has 2 aromatic carbocycles. The number of ketones is 1. The number of carbonyl (C=O) groups is 2. The molecule has 0 saturated carbocycles. The SMILES string of the molecule is COc1ccc(S(=O)(=O)NCC(=O)OCC(=O)c2ccc(C)cc2C)cc1OC. The van der Waals surface area contributed by atoms with Crippen molar-refractivity contribution in [3.63, 3.8) is 0 Å². The molecule has 0 fully saturated rings. The van der Waals surface area contributed by atoms with Gasteiger partial charge in [0.05, 0.1) is 19.1 Å². The van der Waals surface area contributed by atoms with Gasteiger partial charge in [-0.05, 0) is 31.5 Å². The molecule has 0 aliphatic heterocycles. The molecule has 9 heteroatoms. The van der Waals surface area contributed by atoms with Gasteiger partial charge in [0.1, 0.15) is 6.54 Å². The van der Waals surface area contributed by atoms with Gasteiger partial charge in [-0.15, -0.1) is 0 Å². The second-order valence-electron chi connectivity index (χ2n) is 6.24. The van der Waals surface area contributed by atoms with Gasteiger partial charge in [-0.3, -0.25) is 9.59 Å². The van der Waals surface area contributed by atoms with Crippen molar-refractivity contribution < 1.29 is 32.2 Å². The van der Waals surface area contributed by atoms with Crippen molar-refractivity contribution >= 4 is 21.8 Å². The number of sulfonamides is 1. The number of nitrogens with one attached hydrogen (secondary N) is 1. The Kier molecular flexibility index (Phi) is 7.35. The average molecular weight is 421 g/mol. The fourth-order valence-corrected chi connectivity index (χ4v) is 3.61. The summed E-state index contributed by atoms with van der Waals surface area (Å²) in [6.07, 6.45) is 0. The first-order valence-corrected chi connectivity index (χ1v) is 10.1. The average Bonchev–Trinajstić information content (AvgIpc) is 2.69. The molecule has 8 nitrogen and oxygen atoms in total. The number of Topliss-reactive ketones (excluding diaryl/α,β-unsaturated/α-hetero) is 1. The van der Waals surface area contributed by atoms with E-state index in [1.165, 1.54) is 32.4 Å². The molecule has 0 amide bonds. The highest BCUT2D eigenvalue weighted by Crippen LogP contribution is 2.29. The van der Waals surface area contributed by atoms with E-state index in [-0.39, 0.29) is 16.4 Å². The maximum atomic E-state index is 12.4. The molecule has 1 N–H and O–H groups in total. The monoisotopic (exact) mass is 421 g/mol. The van der Waals surface area contributed by atoms with E-state index >= 15 is 0 Å². The predicted molar refractivity (Wildman–Crippen MR) is 106 cm³/mol. The maximum Gasteiger partial charge on any atom is 0.321 e. The van der Waals surface area contributed by atoms with Crippen molar-refractivity contribution in [2.75, 3.05) is 27.4 Å². The molecule has 0 aliphatic carbocycles.